The quantitative estimate of drug-likeness (QED) is 0.265. The van der Waals surface area contributed by atoms with E-state index in [2.05, 4.69) is 4.84 Å². The molecule has 0 radical (unpaired) electrons. The molecule has 13 heteroatoms. The Morgan fingerprint density at radius 1 is 0.781 bits per heavy atom. The van der Waals surface area contributed by atoms with Gasteiger partial charge in [-0.15, -0.1) is 5.06 Å². The molecule has 178 valence electrons. The van der Waals surface area contributed by atoms with Crippen molar-refractivity contribution < 1.29 is 57.3 Å². The summed E-state index contributed by atoms with van der Waals surface area (Å²) in [6, 6.07) is 0. The van der Waals surface area contributed by atoms with E-state index >= 15 is 0 Å². The zero-order chi connectivity index (χ0) is 24.8. The fraction of sp³-hybridized carbons (Fsp3) is 0.632. The molecule has 2 amide bonds. The van der Waals surface area contributed by atoms with Gasteiger partial charge < -0.3 is 23.8 Å². The normalized spacial score (nSPS) is 16.5. The summed E-state index contributed by atoms with van der Waals surface area (Å²) in [5.41, 5.74) is -0.897. The van der Waals surface area contributed by atoms with Crippen LogP contribution in [0.15, 0.2) is 0 Å². The Labute approximate surface area is 183 Å². The minimum Gasteiger partial charge on any atom is -0.457 e. The van der Waals surface area contributed by atoms with E-state index in [4.69, 9.17) is 18.9 Å². The molecule has 1 unspecified atom stereocenters. The fourth-order valence-corrected chi connectivity index (χ4v) is 2.30. The summed E-state index contributed by atoms with van der Waals surface area (Å²) in [6.07, 6.45) is -6.37. The molecule has 0 N–H and O–H groups in total. The largest absolute Gasteiger partial charge is 0.457 e. The van der Waals surface area contributed by atoms with E-state index in [0.717, 1.165) is 20.8 Å². The lowest BCUT2D eigenvalue weighted by molar-refractivity contribution is -0.214. The number of esters is 4. The summed E-state index contributed by atoms with van der Waals surface area (Å²) in [6.45, 7) is 7.67. The first-order valence-electron chi connectivity index (χ1n) is 9.47. The van der Waals surface area contributed by atoms with Gasteiger partial charge in [-0.2, -0.15) is 0 Å². The maximum atomic E-state index is 12.6. The van der Waals surface area contributed by atoms with E-state index in [1.165, 1.54) is 0 Å². The summed E-state index contributed by atoms with van der Waals surface area (Å²) >= 11 is 0. The van der Waals surface area contributed by atoms with Gasteiger partial charge in [0.05, 0.1) is 0 Å². The monoisotopic (exact) mass is 459 g/mol. The molecule has 1 rings (SSSR count). The van der Waals surface area contributed by atoms with Crippen molar-refractivity contribution in [2.45, 2.75) is 78.3 Å². The van der Waals surface area contributed by atoms with Gasteiger partial charge in [-0.25, -0.2) is 14.4 Å². The van der Waals surface area contributed by atoms with Crippen LogP contribution in [0.2, 0.25) is 0 Å². The van der Waals surface area contributed by atoms with E-state index < -0.39 is 65.6 Å². The van der Waals surface area contributed by atoms with Crippen molar-refractivity contribution in [3.05, 3.63) is 0 Å². The van der Waals surface area contributed by atoms with Crippen molar-refractivity contribution in [2.24, 2.45) is 0 Å². The molecule has 1 aliphatic heterocycles. The second kappa shape index (κ2) is 10.7. The number of imide groups is 1. The maximum Gasteiger partial charge on any atom is 0.377 e. The van der Waals surface area contributed by atoms with Crippen molar-refractivity contribution in [1.29, 1.82) is 0 Å². The SMILES string of the molecule is CC(=O)OC(C(=O)O[C@@H](C)C(=O)OC(C)(C)C)[C@H](OC(C)=O)C(=O)ON1C(=O)CCC1=O. The highest BCUT2D eigenvalue weighted by atomic mass is 16.7. The minimum atomic E-state index is -2.24. The first-order valence-corrected chi connectivity index (χ1v) is 9.47. The van der Waals surface area contributed by atoms with E-state index in [1.54, 1.807) is 20.8 Å². The molecule has 32 heavy (non-hydrogen) atoms. The second-order valence-electron chi connectivity index (χ2n) is 7.66. The lowest BCUT2D eigenvalue weighted by Crippen LogP contribution is -2.50. The van der Waals surface area contributed by atoms with Gasteiger partial charge in [-0.05, 0) is 27.7 Å². The molecule has 0 bridgehead atoms. The van der Waals surface area contributed by atoms with Gasteiger partial charge in [0.15, 0.2) is 6.10 Å². The number of hydroxylamine groups is 2. The van der Waals surface area contributed by atoms with Crippen LogP contribution in [0.3, 0.4) is 0 Å². The summed E-state index contributed by atoms with van der Waals surface area (Å²) < 4.78 is 19.5. The molecule has 3 atom stereocenters. The Hall–Kier alpha value is -3.51. The number of hydrogen-bond acceptors (Lipinski definition) is 12. The molecule has 0 aromatic heterocycles. The molecular formula is C19H25NO12. The van der Waals surface area contributed by atoms with E-state index in [-0.39, 0.29) is 17.9 Å². The van der Waals surface area contributed by atoms with Crippen LogP contribution in [0.25, 0.3) is 0 Å². The Balaban J connectivity index is 3.11. The average molecular weight is 459 g/mol. The molecule has 1 heterocycles. The third kappa shape index (κ3) is 7.96. The number of ether oxygens (including phenoxy) is 4. The topological polar surface area (TPSA) is 169 Å². The molecule has 0 aromatic carbocycles. The summed E-state index contributed by atoms with van der Waals surface area (Å²) in [4.78, 5) is 88.2. The van der Waals surface area contributed by atoms with Crippen molar-refractivity contribution in [2.75, 3.05) is 0 Å². The highest BCUT2D eigenvalue weighted by molar-refractivity contribution is 6.02. The molecule has 1 fully saturated rings. The molecule has 1 aliphatic rings. The molecule has 0 aromatic rings. The van der Waals surface area contributed by atoms with Crippen LogP contribution in [0.4, 0.5) is 0 Å². The highest BCUT2D eigenvalue weighted by Crippen LogP contribution is 2.17. The van der Waals surface area contributed by atoms with Crippen LogP contribution in [0.5, 0.6) is 0 Å². The van der Waals surface area contributed by atoms with Gasteiger partial charge in [-0.1, -0.05) is 0 Å². The van der Waals surface area contributed by atoms with Crippen LogP contribution >= 0.6 is 0 Å². The van der Waals surface area contributed by atoms with Gasteiger partial charge in [0, 0.05) is 26.7 Å². The molecule has 13 nitrogen and oxygen atoms in total. The lowest BCUT2D eigenvalue weighted by Gasteiger charge is -2.26. The van der Waals surface area contributed by atoms with Crippen molar-refractivity contribution in [1.82, 2.24) is 5.06 Å². The molecule has 0 spiro atoms. The molecule has 1 saturated heterocycles. The number of carbonyl (C=O) groups is 7. The van der Waals surface area contributed by atoms with Crippen LogP contribution in [-0.4, -0.2) is 70.6 Å². The van der Waals surface area contributed by atoms with E-state index in [0.29, 0.717) is 0 Å². The third-order valence-corrected chi connectivity index (χ3v) is 3.54. The predicted octanol–water partition coefficient (Wildman–Crippen LogP) is -0.270. The van der Waals surface area contributed by atoms with Gasteiger partial charge in [-0.3, -0.25) is 19.2 Å². The smallest absolute Gasteiger partial charge is 0.377 e. The van der Waals surface area contributed by atoms with Crippen LogP contribution in [0.1, 0.15) is 54.4 Å². The van der Waals surface area contributed by atoms with Crippen LogP contribution in [0, 0.1) is 0 Å². The average Bonchev–Trinajstić information content (AvgIpc) is 2.94. The second-order valence-corrected chi connectivity index (χ2v) is 7.66. The standard InChI is InChI=1S/C19H25NO12/c1-9(16(25)31-19(4,5)6)28-17(26)14(29-10(2)21)15(30-11(3)22)18(27)32-20-12(23)7-8-13(20)24/h9,14-15H,7-8H2,1-6H3/t9-,14?,15-/m0/s1. The first-order chi connectivity index (χ1) is 14.6. The Bertz CT molecular complexity index is 796. The van der Waals surface area contributed by atoms with Crippen LogP contribution < -0.4 is 0 Å². The Kier molecular flexibility index (Phi) is 8.86. The first kappa shape index (κ1) is 26.5. The molecule has 0 saturated carbocycles. The van der Waals surface area contributed by atoms with Gasteiger partial charge >= 0.3 is 29.8 Å². The van der Waals surface area contributed by atoms with Crippen molar-refractivity contribution in [3.8, 4) is 0 Å². The van der Waals surface area contributed by atoms with Crippen LogP contribution in [-0.2, 0) is 57.3 Å². The zero-order valence-electron chi connectivity index (χ0n) is 18.5. The van der Waals surface area contributed by atoms with E-state index in [1.807, 2.05) is 0 Å². The summed E-state index contributed by atoms with van der Waals surface area (Å²) in [7, 11) is 0. The molecular weight excluding hydrogens is 434 g/mol. The highest BCUT2D eigenvalue weighted by Gasteiger charge is 2.45. The summed E-state index contributed by atoms with van der Waals surface area (Å²) in [5, 5.41) is 0.151. The number of amides is 2. The third-order valence-electron chi connectivity index (χ3n) is 3.54. The zero-order valence-corrected chi connectivity index (χ0v) is 18.5. The van der Waals surface area contributed by atoms with Gasteiger partial charge in [0.1, 0.15) is 5.60 Å². The minimum absolute atomic E-state index is 0.151. The Morgan fingerprint density at radius 3 is 1.62 bits per heavy atom. The van der Waals surface area contributed by atoms with E-state index in [9.17, 15) is 33.6 Å². The van der Waals surface area contributed by atoms with Crippen molar-refractivity contribution >= 4 is 41.7 Å². The van der Waals surface area contributed by atoms with Gasteiger partial charge in [0.2, 0.25) is 12.2 Å². The van der Waals surface area contributed by atoms with Crippen molar-refractivity contribution in [3.63, 3.8) is 0 Å². The maximum absolute atomic E-state index is 12.6. The number of hydrogen-bond donors (Lipinski definition) is 0. The Morgan fingerprint density at radius 2 is 1.22 bits per heavy atom. The molecule has 0 aliphatic carbocycles. The fourth-order valence-electron chi connectivity index (χ4n) is 2.30. The number of nitrogens with zero attached hydrogens (tertiary/aromatic N) is 1. The summed E-state index contributed by atoms with van der Waals surface area (Å²) in [5.74, 6) is -7.78. The predicted molar refractivity (Wildman–Crippen MR) is 99.7 cm³/mol. The number of rotatable bonds is 8. The van der Waals surface area contributed by atoms with Gasteiger partial charge in [0.25, 0.3) is 11.8 Å². The lowest BCUT2D eigenvalue weighted by atomic mass is 10.2. The number of carbonyl (C=O) groups excluding carboxylic acids is 7.